The highest BCUT2D eigenvalue weighted by molar-refractivity contribution is 7.91. The fraction of sp³-hybridized carbons (Fsp3) is 0.417. The van der Waals surface area contributed by atoms with Gasteiger partial charge < -0.3 is 16.2 Å². The van der Waals surface area contributed by atoms with Crippen molar-refractivity contribution in [1.82, 2.24) is 0 Å². The molecular formula is C12H18N2O4S. The van der Waals surface area contributed by atoms with Gasteiger partial charge in [-0.1, -0.05) is 13.0 Å². The summed E-state index contributed by atoms with van der Waals surface area (Å²) in [6.45, 7) is 1.73. The van der Waals surface area contributed by atoms with Crippen molar-refractivity contribution in [1.29, 1.82) is 0 Å². The summed E-state index contributed by atoms with van der Waals surface area (Å²) >= 11 is 0. The summed E-state index contributed by atoms with van der Waals surface area (Å²) in [5.41, 5.74) is 11.3. The number of ether oxygens (including phenoxy) is 1. The number of hydrogen-bond donors (Lipinski definition) is 2. The first kappa shape index (κ1) is 15.3. The van der Waals surface area contributed by atoms with Crippen LogP contribution in [-0.2, 0) is 9.84 Å². The molecule has 0 spiro atoms. The quantitative estimate of drug-likeness (QED) is 0.712. The molecule has 1 aromatic rings. The van der Waals surface area contributed by atoms with E-state index in [1.54, 1.807) is 19.1 Å². The molecule has 0 atom stereocenters. The van der Waals surface area contributed by atoms with E-state index in [0.29, 0.717) is 6.42 Å². The third-order valence-electron chi connectivity index (χ3n) is 2.47. The number of carbonyl (C=O) groups is 1. The van der Waals surface area contributed by atoms with E-state index in [1.165, 1.54) is 6.07 Å². The molecule has 0 aliphatic rings. The third kappa shape index (κ3) is 4.44. The highest BCUT2D eigenvalue weighted by Crippen LogP contribution is 2.25. The number of hydrogen-bond acceptors (Lipinski definition) is 5. The number of nitrogen functional groups attached to an aromatic ring is 1. The lowest BCUT2D eigenvalue weighted by Gasteiger charge is -2.12. The molecule has 0 unspecified atom stereocenters. The van der Waals surface area contributed by atoms with Gasteiger partial charge in [0.05, 0.1) is 22.8 Å². The van der Waals surface area contributed by atoms with Crippen LogP contribution in [0.2, 0.25) is 0 Å². The lowest BCUT2D eigenvalue weighted by molar-refractivity contribution is 0.0997. The van der Waals surface area contributed by atoms with Crippen LogP contribution in [0, 0.1) is 0 Å². The topological polar surface area (TPSA) is 112 Å². The van der Waals surface area contributed by atoms with Crippen molar-refractivity contribution in [3.8, 4) is 5.75 Å². The number of rotatable bonds is 7. The molecule has 0 aliphatic carbocycles. The van der Waals surface area contributed by atoms with E-state index in [4.69, 9.17) is 16.2 Å². The first-order chi connectivity index (χ1) is 8.87. The molecule has 1 rings (SSSR count). The van der Waals surface area contributed by atoms with Gasteiger partial charge in [-0.05, 0) is 18.6 Å². The Balaban J connectivity index is 2.76. The normalized spacial score (nSPS) is 11.2. The van der Waals surface area contributed by atoms with Crippen molar-refractivity contribution < 1.29 is 17.9 Å². The van der Waals surface area contributed by atoms with Gasteiger partial charge >= 0.3 is 0 Å². The Morgan fingerprint density at radius 3 is 2.58 bits per heavy atom. The van der Waals surface area contributed by atoms with Crippen LogP contribution >= 0.6 is 0 Å². The first-order valence-electron chi connectivity index (χ1n) is 5.89. The molecule has 0 saturated carbocycles. The number of amides is 1. The van der Waals surface area contributed by atoms with Crippen LogP contribution in [0.4, 0.5) is 5.69 Å². The molecule has 0 saturated heterocycles. The second-order valence-electron chi connectivity index (χ2n) is 4.09. The zero-order valence-electron chi connectivity index (χ0n) is 10.8. The van der Waals surface area contributed by atoms with Gasteiger partial charge in [0, 0.05) is 0 Å². The van der Waals surface area contributed by atoms with Crippen molar-refractivity contribution in [3.63, 3.8) is 0 Å². The van der Waals surface area contributed by atoms with E-state index in [-0.39, 0.29) is 35.1 Å². The van der Waals surface area contributed by atoms with E-state index < -0.39 is 15.7 Å². The van der Waals surface area contributed by atoms with Crippen LogP contribution in [0.25, 0.3) is 0 Å². The molecule has 0 aromatic heterocycles. The van der Waals surface area contributed by atoms with Crippen LogP contribution in [0.3, 0.4) is 0 Å². The standard InChI is InChI=1S/C12H18N2O4S/c1-2-7-19(16,17)8-6-18-11-9(12(14)15)4-3-5-10(11)13/h3-5H,2,6-8,13H2,1H3,(H2,14,15). The van der Waals surface area contributed by atoms with Gasteiger partial charge in [0.1, 0.15) is 6.61 Å². The van der Waals surface area contributed by atoms with E-state index in [9.17, 15) is 13.2 Å². The molecule has 106 valence electrons. The minimum absolute atomic E-state index is 0.0587. The Labute approximate surface area is 112 Å². The third-order valence-corrected chi connectivity index (χ3v) is 4.29. The van der Waals surface area contributed by atoms with Gasteiger partial charge in [0.15, 0.2) is 15.6 Å². The second-order valence-corrected chi connectivity index (χ2v) is 6.39. The Morgan fingerprint density at radius 1 is 1.32 bits per heavy atom. The Kier molecular flexibility index (Phi) is 5.17. The Morgan fingerprint density at radius 2 is 2.00 bits per heavy atom. The number of benzene rings is 1. The smallest absolute Gasteiger partial charge is 0.252 e. The average Bonchev–Trinajstić information content (AvgIpc) is 2.30. The summed E-state index contributed by atoms with van der Waals surface area (Å²) in [4.78, 5) is 11.2. The maximum absolute atomic E-state index is 11.5. The van der Waals surface area contributed by atoms with E-state index in [2.05, 4.69) is 0 Å². The summed E-state index contributed by atoms with van der Waals surface area (Å²) in [6, 6.07) is 4.62. The minimum Gasteiger partial charge on any atom is -0.490 e. The molecular weight excluding hydrogens is 268 g/mol. The summed E-state index contributed by atoms with van der Waals surface area (Å²) in [6.07, 6.45) is 0.558. The van der Waals surface area contributed by atoms with Crippen molar-refractivity contribution in [2.45, 2.75) is 13.3 Å². The van der Waals surface area contributed by atoms with Crippen LogP contribution in [0.1, 0.15) is 23.7 Å². The number of sulfone groups is 1. The molecule has 0 fully saturated rings. The van der Waals surface area contributed by atoms with Crippen molar-refractivity contribution in [2.24, 2.45) is 5.73 Å². The van der Waals surface area contributed by atoms with Gasteiger partial charge in [-0.15, -0.1) is 0 Å². The van der Waals surface area contributed by atoms with Gasteiger partial charge in [-0.2, -0.15) is 0 Å². The molecule has 1 aromatic carbocycles. The molecule has 1 amide bonds. The molecule has 0 bridgehead atoms. The monoisotopic (exact) mass is 286 g/mol. The number of carbonyl (C=O) groups excluding carboxylic acids is 1. The molecule has 19 heavy (non-hydrogen) atoms. The summed E-state index contributed by atoms with van der Waals surface area (Å²) in [5.74, 6) is -0.531. The predicted molar refractivity (Wildman–Crippen MR) is 73.8 cm³/mol. The van der Waals surface area contributed by atoms with E-state index in [0.717, 1.165) is 0 Å². The highest BCUT2D eigenvalue weighted by atomic mass is 32.2. The molecule has 4 N–H and O–H groups in total. The van der Waals surface area contributed by atoms with Crippen molar-refractivity contribution in [2.75, 3.05) is 23.8 Å². The number of primary amides is 1. The Hall–Kier alpha value is -1.76. The largest absolute Gasteiger partial charge is 0.490 e. The summed E-state index contributed by atoms with van der Waals surface area (Å²) in [5, 5.41) is 0. The Bertz CT molecular complexity index is 555. The van der Waals surface area contributed by atoms with Gasteiger partial charge in [-0.3, -0.25) is 4.79 Å². The number of anilines is 1. The number of nitrogens with two attached hydrogens (primary N) is 2. The van der Waals surface area contributed by atoms with Crippen molar-refractivity contribution >= 4 is 21.4 Å². The van der Waals surface area contributed by atoms with Crippen LogP contribution in [-0.4, -0.2) is 32.4 Å². The zero-order valence-corrected chi connectivity index (χ0v) is 11.6. The predicted octanol–water partition coefficient (Wildman–Crippen LogP) is 0.571. The molecule has 0 radical (unpaired) electrons. The van der Waals surface area contributed by atoms with Gasteiger partial charge in [-0.25, -0.2) is 8.42 Å². The lowest BCUT2D eigenvalue weighted by Crippen LogP contribution is -2.19. The number of para-hydroxylation sites is 1. The fourth-order valence-electron chi connectivity index (χ4n) is 1.59. The van der Waals surface area contributed by atoms with Crippen LogP contribution < -0.4 is 16.2 Å². The maximum Gasteiger partial charge on any atom is 0.252 e. The molecule has 0 heterocycles. The molecule has 6 nitrogen and oxygen atoms in total. The van der Waals surface area contributed by atoms with Crippen LogP contribution in [0.5, 0.6) is 5.75 Å². The SMILES string of the molecule is CCCS(=O)(=O)CCOc1c(N)cccc1C(N)=O. The van der Waals surface area contributed by atoms with E-state index in [1.807, 2.05) is 0 Å². The van der Waals surface area contributed by atoms with Crippen LogP contribution in [0.15, 0.2) is 18.2 Å². The maximum atomic E-state index is 11.5. The lowest BCUT2D eigenvalue weighted by atomic mass is 10.1. The van der Waals surface area contributed by atoms with E-state index >= 15 is 0 Å². The summed E-state index contributed by atoms with van der Waals surface area (Å²) < 4.78 is 28.3. The molecule has 7 heteroatoms. The second kappa shape index (κ2) is 6.42. The first-order valence-corrected chi connectivity index (χ1v) is 7.71. The summed E-state index contributed by atoms with van der Waals surface area (Å²) in [7, 11) is -3.13. The minimum atomic E-state index is -3.13. The highest BCUT2D eigenvalue weighted by Gasteiger charge is 2.14. The average molecular weight is 286 g/mol. The van der Waals surface area contributed by atoms with Gasteiger partial charge in [0.25, 0.3) is 5.91 Å². The van der Waals surface area contributed by atoms with Crippen molar-refractivity contribution in [3.05, 3.63) is 23.8 Å². The fourth-order valence-corrected chi connectivity index (χ4v) is 2.76. The molecule has 0 aliphatic heterocycles. The zero-order chi connectivity index (χ0) is 14.5. The van der Waals surface area contributed by atoms with Gasteiger partial charge in [0.2, 0.25) is 0 Å².